The standard InChI is InChI=1S/C13H16ClFN2O2/c1-9-7-16-4-5-17(9)13(18)8-19-10-2-3-12(15)11(14)6-10/h2-3,6,9,16H,4-5,7-8H2,1H3. The van der Waals surface area contributed by atoms with Crippen molar-refractivity contribution in [2.75, 3.05) is 26.2 Å². The number of piperazine rings is 1. The van der Waals surface area contributed by atoms with Gasteiger partial charge in [-0.1, -0.05) is 11.6 Å². The van der Waals surface area contributed by atoms with E-state index in [-0.39, 0.29) is 23.6 Å². The molecule has 1 aliphatic heterocycles. The van der Waals surface area contributed by atoms with Gasteiger partial charge in [0, 0.05) is 31.7 Å². The second-order valence-corrected chi connectivity index (χ2v) is 4.91. The van der Waals surface area contributed by atoms with Crippen LogP contribution in [0.4, 0.5) is 4.39 Å². The molecule has 2 rings (SSSR count). The number of rotatable bonds is 3. The Labute approximate surface area is 116 Å². The fraction of sp³-hybridized carbons (Fsp3) is 0.462. The van der Waals surface area contributed by atoms with Gasteiger partial charge in [-0.25, -0.2) is 4.39 Å². The molecule has 0 bridgehead atoms. The monoisotopic (exact) mass is 286 g/mol. The molecule has 6 heteroatoms. The molecule has 1 atom stereocenters. The highest BCUT2D eigenvalue weighted by Crippen LogP contribution is 2.21. The van der Waals surface area contributed by atoms with Crippen molar-refractivity contribution < 1.29 is 13.9 Å². The van der Waals surface area contributed by atoms with Crippen LogP contribution in [-0.2, 0) is 4.79 Å². The van der Waals surface area contributed by atoms with Crippen LogP contribution in [-0.4, -0.2) is 43.1 Å². The normalized spacial score (nSPS) is 19.3. The summed E-state index contributed by atoms with van der Waals surface area (Å²) in [6.07, 6.45) is 0. The first-order valence-electron chi connectivity index (χ1n) is 6.16. The lowest BCUT2D eigenvalue weighted by atomic mass is 10.2. The molecule has 1 unspecified atom stereocenters. The van der Waals surface area contributed by atoms with E-state index < -0.39 is 5.82 Å². The molecule has 0 aliphatic carbocycles. The largest absolute Gasteiger partial charge is 0.484 e. The zero-order valence-corrected chi connectivity index (χ0v) is 11.4. The minimum absolute atomic E-state index is 0.0134. The van der Waals surface area contributed by atoms with Crippen LogP contribution in [0.2, 0.25) is 5.02 Å². The maximum absolute atomic E-state index is 13.0. The van der Waals surface area contributed by atoms with E-state index in [4.69, 9.17) is 16.3 Å². The molecule has 1 saturated heterocycles. The summed E-state index contributed by atoms with van der Waals surface area (Å²) in [5.74, 6) is -0.187. The van der Waals surface area contributed by atoms with Gasteiger partial charge >= 0.3 is 0 Å². The Hall–Kier alpha value is -1.33. The first-order valence-corrected chi connectivity index (χ1v) is 6.54. The van der Waals surface area contributed by atoms with E-state index in [1.54, 1.807) is 4.90 Å². The van der Waals surface area contributed by atoms with Crippen LogP contribution in [0.15, 0.2) is 18.2 Å². The summed E-state index contributed by atoms with van der Waals surface area (Å²) in [5, 5.41) is 3.20. The van der Waals surface area contributed by atoms with Gasteiger partial charge in [-0.2, -0.15) is 0 Å². The summed E-state index contributed by atoms with van der Waals surface area (Å²) in [6.45, 7) is 4.17. The molecule has 4 nitrogen and oxygen atoms in total. The van der Waals surface area contributed by atoms with Crippen LogP contribution >= 0.6 is 11.6 Å². The number of ether oxygens (including phenoxy) is 1. The van der Waals surface area contributed by atoms with Gasteiger partial charge in [-0.3, -0.25) is 4.79 Å². The van der Waals surface area contributed by atoms with E-state index in [1.165, 1.54) is 18.2 Å². The van der Waals surface area contributed by atoms with Gasteiger partial charge < -0.3 is 15.0 Å². The predicted molar refractivity (Wildman–Crippen MR) is 70.9 cm³/mol. The van der Waals surface area contributed by atoms with E-state index >= 15 is 0 Å². The van der Waals surface area contributed by atoms with E-state index in [2.05, 4.69) is 5.32 Å². The first kappa shape index (κ1) is 14.1. The Bertz CT molecular complexity index is 470. The zero-order valence-electron chi connectivity index (χ0n) is 10.7. The fourth-order valence-electron chi connectivity index (χ4n) is 2.01. The summed E-state index contributed by atoms with van der Waals surface area (Å²) < 4.78 is 18.3. The van der Waals surface area contributed by atoms with Crippen molar-refractivity contribution in [2.24, 2.45) is 0 Å². The van der Waals surface area contributed by atoms with Crippen LogP contribution in [0.5, 0.6) is 5.75 Å². The highest BCUT2D eigenvalue weighted by molar-refractivity contribution is 6.30. The molecule has 1 N–H and O–H groups in total. The molecule has 1 aromatic carbocycles. The molecular formula is C13H16ClFN2O2. The highest BCUT2D eigenvalue weighted by atomic mass is 35.5. The SMILES string of the molecule is CC1CNCCN1C(=O)COc1ccc(F)c(Cl)c1. The third kappa shape index (κ3) is 3.58. The highest BCUT2D eigenvalue weighted by Gasteiger charge is 2.23. The molecule has 0 spiro atoms. The molecule has 104 valence electrons. The third-order valence-corrected chi connectivity index (χ3v) is 3.36. The van der Waals surface area contributed by atoms with Crippen molar-refractivity contribution in [3.05, 3.63) is 29.0 Å². The summed E-state index contributed by atoms with van der Waals surface area (Å²) in [5.41, 5.74) is 0. The summed E-state index contributed by atoms with van der Waals surface area (Å²) in [7, 11) is 0. The average Bonchev–Trinajstić information content (AvgIpc) is 2.40. The van der Waals surface area contributed by atoms with Gasteiger partial charge in [0.1, 0.15) is 11.6 Å². The number of amides is 1. The van der Waals surface area contributed by atoms with Crippen molar-refractivity contribution in [3.63, 3.8) is 0 Å². The van der Waals surface area contributed by atoms with Crippen molar-refractivity contribution >= 4 is 17.5 Å². The van der Waals surface area contributed by atoms with Crippen molar-refractivity contribution in [1.29, 1.82) is 0 Å². The minimum atomic E-state index is -0.504. The molecule has 1 heterocycles. The Morgan fingerprint density at radius 1 is 1.63 bits per heavy atom. The van der Waals surface area contributed by atoms with Crippen LogP contribution in [0.25, 0.3) is 0 Å². The number of benzene rings is 1. The quantitative estimate of drug-likeness (QED) is 0.919. The molecule has 0 radical (unpaired) electrons. The van der Waals surface area contributed by atoms with Crippen LogP contribution in [0, 0.1) is 5.82 Å². The van der Waals surface area contributed by atoms with E-state index in [0.29, 0.717) is 12.3 Å². The number of hydrogen-bond donors (Lipinski definition) is 1. The number of carbonyl (C=O) groups is 1. The van der Waals surface area contributed by atoms with Crippen molar-refractivity contribution in [2.45, 2.75) is 13.0 Å². The van der Waals surface area contributed by atoms with Crippen LogP contribution in [0.3, 0.4) is 0 Å². The smallest absolute Gasteiger partial charge is 0.260 e. The Balaban J connectivity index is 1.90. The van der Waals surface area contributed by atoms with Crippen LogP contribution < -0.4 is 10.1 Å². The molecule has 1 amide bonds. The predicted octanol–water partition coefficient (Wildman–Crippen LogP) is 1.68. The number of carbonyl (C=O) groups excluding carboxylic acids is 1. The van der Waals surface area contributed by atoms with Gasteiger partial charge in [0.05, 0.1) is 5.02 Å². The van der Waals surface area contributed by atoms with E-state index in [1.807, 2.05) is 6.92 Å². The zero-order chi connectivity index (χ0) is 13.8. The van der Waals surface area contributed by atoms with Gasteiger partial charge in [0.25, 0.3) is 5.91 Å². The Morgan fingerprint density at radius 2 is 2.42 bits per heavy atom. The topological polar surface area (TPSA) is 41.6 Å². The minimum Gasteiger partial charge on any atom is -0.484 e. The number of nitrogens with zero attached hydrogens (tertiary/aromatic N) is 1. The van der Waals surface area contributed by atoms with Gasteiger partial charge in [-0.05, 0) is 19.1 Å². The van der Waals surface area contributed by atoms with Crippen molar-refractivity contribution in [3.8, 4) is 5.75 Å². The molecule has 1 aliphatic rings. The maximum Gasteiger partial charge on any atom is 0.260 e. The lowest BCUT2D eigenvalue weighted by Gasteiger charge is -2.33. The van der Waals surface area contributed by atoms with E-state index in [0.717, 1.165) is 13.1 Å². The lowest BCUT2D eigenvalue weighted by molar-refractivity contribution is -0.136. The van der Waals surface area contributed by atoms with E-state index in [9.17, 15) is 9.18 Å². The van der Waals surface area contributed by atoms with Gasteiger partial charge in [-0.15, -0.1) is 0 Å². The van der Waals surface area contributed by atoms with Gasteiger partial charge in [0.15, 0.2) is 6.61 Å². The molecule has 0 saturated carbocycles. The molecule has 0 aromatic heterocycles. The number of nitrogens with one attached hydrogen (secondary N) is 1. The lowest BCUT2D eigenvalue weighted by Crippen LogP contribution is -2.53. The number of hydrogen-bond acceptors (Lipinski definition) is 3. The Morgan fingerprint density at radius 3 is 3.11 bits per heavy atom. The second-order valence-electron chi connectivity index (χ2n) is 4.50. The maximum atomic E-state index is 13.0. The molecule has 1 aromatic rings. The molecule has 19 heavy (non-hydrogen) atoms. The second kappa shape index (κ2) is 6.21. The Kier molecular flexibility index (Phi) is 4.61. The first-order chi connectivity index (χ1) is 9.08. The summed E-state index contributed by atoms with van der Waals surface area (Å²) >= 11 is 5.64. The summed E-state index contributed by atoms with van der Waals surface area (Å²) in [6, 6.07) is 4.19. The van der Waals surface area contributed by atoms with Gasteiger partial charge in [0.2, 0.25) is 0 Å². The van der Waals surface area contributed by atoms with Crippen molar-refractivity contribution in [1.82, 2.24) is 10.2 Å². The fourth-order valence-corrected chi connectivity index (χ4v) is 2.18. The molecular weight excluding hydrogens is 271 g/mol. The van der Waals surface area contributed by atoms with Crippen LogP contribution in [0.1, 0.15) is 6.92 Å². The molecule has 1 fully saturated rings. The third-order valence-electron chi connectivity index (χ3n) is 3.08. The summed E-state index contributed by atoms with van der Waals surface area (Å²) in [4.78, 5) is 13.8. The average molecular weight is 287 g/mol. The number of halogens is 2.